The summed E-state index contributed by atoms with van der Waals surface area (Å²) in [6, 6.07) is 5.83. The van der Waals surface area contributed by atoms with Crippen molar-refractivity contribution >= 4 is 17.4 Å². The molecule has 0 radical (unpaired) electrons. The first-order valence-corrected chi connectivity index (χ1v) is 6.50. The quantitative estimate of drug-likeness (QED) is 0.840. The molecule has 19 heavy (non-hydrogen) atoms. The van der Waals surface area contributed by atoms with E-state index in [1.165, 1.54) is 0 Å². The van der Waals surface area contributed by atoms with Crippen molar-refractivity contribution in [3.05, 3.63) is 30.1 Å². The second kappa shape index (κ2) is 5.73. The Morgan fingerprint density at radius 3 is 2.95 bits per heavy atom. The molecule has 0 aliphatic rings. The van der Waals surface area contributed by atoms with Crippen LogP contribution in [0.4, 0.5) is 5.82 Å². The van der Waals surface area contributed by atoms with Gasteiger partial charge in [-0.15, -0.1) is 0 Å². The first-order chi connectivity index (χ1) is 9.13. The molecule has 2 aromatic heterocycles. The zero-order valence-corrected chi connectivity index (χ0v) is 11.5. The van der Waals surface area contributed by atoms with Crippen LogP contribution in [-0.2, 0) is 9.53 Å². The van der Waals surface area contributed by atoms with Gasteiger partial charge in [0, 0.05) is 6.20 Å². The Kier molecular flexibility index (Phi) is 4.04. The molecule has 2 rings (SSSR count). The number of ether oxygens (including phenoxy) is 1. The molecule has 1 N–H and O–H groups in total. The van der Waals surface area contributed by atoms with E-state index in [0.29, 0.717) is 6.61 Å². The molecular formula is C14H19N3O2. The Hall–Kier alpha value is -2.04. The normalized spacial score (nSPS) is 10.9. The monoisotopic (exact) mass is 261 g/mol. The number of carbonyl (C=O) groups excluding carboxylic acids is 1. The van der Waals surface area contributed by atoms with Crippen molar-refractivity contribution in [2.45, 2.75) is 26.7 Å². The largest absolute Gasteiger partial charge is 0.465 e. The van der Waals surface area contributed by atoms with Crippen LogP contribution in [0, 0.1) is 0 Å². The van der Waals surface area contributed by atoms with Crippen LogP contribution in [0.1, 0.15) is 32.4 Å². The number of fused-ring (bicyclic) bond motifs is 1. The average molecular weight is 261 g/mol. The molecule has 2 heterocycles. The third kappa shape index (κ3) is 2.86. The minimum atomic E-state index is -0.261. The average Bonchev–Trinajstić information content (AvgIpc) is 2.75. The maximum absolute atomic E-state index is 11.4. The van der Waals surface area contributed by atoms with Crippen molar-refractivity contribution in [3.63, 3.8) is 0 Å². The number of imidazole rings is 1. The molecule has 5 nitrogen and oxygen atoms in total. The van der Waals surface area contributed by atoms with E-state index >= 15 is 0 Å². The van der Waals surface area contributed by atoms with Gasteiger partial charge in [0.1, 0.15) is 18.0 Å². The smallest absolute Gasteiger partial charge is 0.325 e. The zero-order chi connectivity index (χ0) is 13.8. The SMILES string of the molecule is CCOC(=O)CNc1c(C(C)C)nc2ccccn12. The van der Waals surface area contributed by atoms with Gasteiger partial charge in [-0.2, -0.15) is 0 Å². The van der Waals surface area contributed by atoms with Gasteiger partial charge in [-0.25, -0.2) is 4.98 Å². The third-order valence-corrected chi connectivity index (χ3v) is 2.81. The molecular weight excluding hydrogens is 242 g/mol. The summed E-state index contributed by atoms with van der Waals surface area (Å²) in [6.07, 6.45) is 1.93. The van der Waals surface area contributed by atoms with Gasteiger partial charge in [-0.1, -0.05) is 19.9 Å². The van der Waals surface area contributed by atoms with Gasteiger partial charge >= 0.3 is 5.97 Å². The molecule has 0 saturated heterocycles. The minimum absolute atomic E-state index is 0.149. The number of anilines is 1. The summed E-state index contributed by atoms with van der Waals surface area (Å²) >= 11 is 0. The van der Waals surface area contributed by atoms with E-state index in [2.05, 4.69) is 24.1 Å². The molecule has 0 spiro atoms. The summed E-state index contributed by atoms with van der Waals surface area (Å²) in [7, 11) is 0. The Morgan fingerprint density at radius 1 is 1.47 bits per heavy atom. The topological polar surface area (TPSA) is 55.6 Å². The van der Waals surface area contributed by atoms with E-state index in [1.54, 1.807) is 6.92 Å². The van der Waals surface area contributed by atoms with Crippen LogP contribution in [0.5, 0.6) is 0 Å². The van der Waals surface area contributed by atoms with E-state index in [9.17, 15) is 4.79 Å². The molecule has 5 heteroatoms. The number of carbonyl (C=O) groups is 1. The number of hydrogen-bond acceptors (Lipinski definition) is 4. The Bertz CT molecular complexity index is 575. The highest BCUT2D eigenvalue weighted by molar-refractivity contribution is 5.75. The van der Waals surface area contributed by atoms with Gasteiger partial charge in [0.25, 0.3) is 0 Å². The van der Waals surface area contributed by atoms with Crippen molar-refractivity contribution in [1.82, 2.24) is 9.38 Å². The predicted octanol–water partition coefficient (Wildman–Crippen LogP) is 2.43. The molecule has 0 atom stereocenters. The summed E-state index contributed by atoms with van der Waals surface area (Å²) < 4.78 is 6.87. The Balaban J connectivity index is 2.29. The lowest BCUT2D eigenvalue weighted by Crippen LogP contribution is -2.18. The molecule has 2 aromatic rings. The van der Waals surface area contributed by atoms with E-state index in [-0.39, 0.29) is 18.4 Å². The van der Waals surface area contributed by atoms with Crippen molar-refractivity contribution in [2.24, 2.45) is 0 Å². The van der Waals surface area contributed by atoms with Crippen LogP contribution < -0.4 is 5.32 Å². The van der Waals surface area contributed by atoms with E-state index in [4.69, 9.17) is 4.74 Å². The lowest BCUT2D eigenvalue weighted by atomic mass is 10.1. The van der Waals surface area contributed by atoms with Crippen LogP contribution in [0.25, 0.3) is 5.65 Å². The third-order valence-electron chi connectivity index (χ3n) is 2.81. The van der Waals surface area contributed by atoms with Crippen molar-refractivity contribution < 1.29 is 9.53 Å². The molecule has 0 amide bonds. The van der Waals surface area contributed by atoms with Crippen molar-refractivity contribution in [3.8, 4) is 0 Å². The highest BCUT2D eigenvalue weighted by Crippen LogP contribution is 2.24. The summed E-state index contributed by atoms with van der Waals surface area (Å²) in [6.45, 7) is 6.50. The first-order valence-electron chi connectivity index (χ1n) is 6.50. The van der Waals surface area contributed by atoms with Crippen LogP contribution >= 0.6 is 0 Å². The van der Waals surface area contributed by atoms with E-state index in [0.717, 1.165) is 17.2 Å². The summed E-state index contributed by atoms with van der Waals surface area (Å²) in [4.78, 5) is 16.0. The Labute approximate surface area is 112 Å². The van der Waals surface area contributed by atoms with Gasteiger partial charge < -0.3 is 10.1 Å². The predicted molar refractivity (Wildman–Crippen MR) is 74.4 cm³/mol. The maximum Gasteiger partial charge on any atom is 0.325 e. The van der Waals surface area contributed by atoms with Crippen molar-refractivity contribution in [1.29, 1.82) is 0 Å². The molecule has 0 aliphatic heterocycles. The fraction of sp³-hybridized carbons (Fsp3) is 0.429. The van der Waals surface area contributed by atoms with Crippen LogP contribution in [0.15, 0.2) is 24.4 Å². The molecule has 0 bridgehead atoms. The van der Waals surface area contributed by atoms with Gasteiger partial charge in [0.05, 0.1) is 12.3 Å². The van der Waals surface area contributed by atoms with E-state index < -0.39 is 0 Å². The second-order valence-electron chi connectivity index (χ2n) is 4.59. The lowest BCUT2D eigenvalue weighted by molar-refractivity contribution is -0.140. The summed E-state index contributed by atoms with van der Waals surface area (Å²) in [5.74, 6) is 0.881. The molecule has 0 aromatic carbocycles. The fourth-order valence-electron chi connectivity index (χ4n) is 1.96. The Morgan fingerprint density at radius 2 is 2.26 bits per heavy atom. The van der Waals surface area contributed by atoms with Gasteiger partial charge in [-0.05, 0) is 25.0 Å². The number of pyridine rings is 1. The highest BCUT2D eigenvalue weighted by Gasteiger charge is 2.15. The maximum atomic E-state index is 11.4. The van der Waals surface area contributed by atoms with Gasteiger partial charge in [0.2, 0.25) is 0 Å². The second-order valence-corrected chi connectivity index (χ2v) is 4.59. The number of aromatic nitrogens is 2. The minimum Gasteiger partial charge on any atom is -0.465 e. The van der Waals surface area contributed by atoms with Gasteiger partial charge in [-0.3, -0.25) is 9.20 Å². The lowest BCUT2D eigenvalue weighted by Gasteiger charge is -2.09. The number of rotatable bonds is 5. The van der Waals surface area contributed by atoms with Crippen LogP contribution in [0.3, 0.4) is 0 Å². The standard InChI is InChI=1S/C14H19N3O2/c1-4-19-12(18)9-15-14-13(10(2)3)16-11-7-5-6-8-17(11)14/h5-8,10,15H,4,9H2,1-3H3. The number of hydrogen-bond donors (Lipinski definition) is 1. The highest BCUT2D eigenvalue weighted by atomic mass is 16.5. The summed E-state index contributed by atoms with van der Waals surface area (Å²) in [5, 5.41) is 3.13. The van der Waals surface area contributed by atoms with E-state index in [1.807, 2.05) is 28.8 Å². The molecule has 102 valence electrons. The van der Waals surface area contributed by atoms with Crippen LogP contribution in [0.2, 0.25) is 0 Å². The fourth-order valence-corrected chi connectivity index (χ4v) is 1.96. The molecule has 0 fully saturated rings. The molecule has 0 unspecified atom stereocenters. The first kappa shape index (κ1) is 13.4. The number of nitrogens with zero attached hydrogens (tertiary/aromatic N) is 2. The summed E-state index contributed by atoms with van der Waals surface area (Å²) in [5.41, 5.74) is 1.83. The number of esters is 1. The van der Waals surface area contributed by atoms with Gasteiger partial charge in [0.15, 0.2) is 0 Å². The van der Waals surface area contributed by atoms with Crippen LogP contribution in [-0.4, -0.2) is 28.5 Å². The van der Waals surface area contributed by atoms with Crippen molar-refractivity contribution in [2.75, 3.05) is 18.5 Å². The molecule has 0 saturated carbocycles. The molecule has 0 aliphatic carbocycles. The number of nitrogens with one attached hydrogen (secondary N) is 1. The zero-order valence-electron chi connectivity index (χ0n) is 11.5.